The molecule has 2 aromatic rings. The Bertz CT molecular complexity index is 1170. The van der Waals surface area contributed by atoms with E-state index in [9.17, 15) is 14.7 Å². The van der Waals surface area contributed by atoms with Crippen molar-refractivity contribution in [1.82, 2.24) is 5.32 Å². The van der Waals surface area contributed by atoms with Crippen LogP contribution in [0, 0.1) is 5.92 Å². The van der Waals surface area contributed by atoms with Crippen LogP contribution in [-0.2, 0) is 14.3 Å². The number of nitrogens with zero attached hydrogens (tertiary/aromatic N) is 1. The molecule has 3 rings (SSSR count). The van der Waals surface area contributed by atoms with Gasteiger partial charge in [0.25, 0.3) is 0 Å². The van der Waals surface area contributed by atoms with Gasteiger partial charge < -0.3 is 19.9 Å². The number of aliphatic carboxylic acids is 1. The van der Waals surface area contributed by atoms with Crippen LogP contribution < -0.4 is 10.1 Å². The molecule has 1 amide bonds. The van der Waals surface area contributed by atoms with E-state index in [0.717, 1.165) is 22.5 Å². The van der Waals surface area contributed by atoms with Crippen molar-refractivity contribution in [2.45, 2.75) is 52.2 Å². The summed E-state index contributed by atoms with van der Waals surface area (Å²) in [7, 11) is 1.62. The smallest absolute Gasteiger partial charge is 0.326 e. The predicted molar refractivity (Wildman–Crippen MR) is 142 cm³/mol. The number of aliphatic imine (C=N–C) groups is 1. The number of nitrogens with one attached hydrogen (secondary N) is 1. The molecule has 1 aliphatic heterocycles. The molecule has 0 spiro atoms. The zero-order valence-corrected chi connectivity index (χ0v) is 21.3. The second-order valence-electron chi connectivity index (χ2n) is 8.95. The number of allylic oxidation sites excluding steroid dienone is 1. The van der Waals surface area contributed by atoms with E-state index in [4.69, 9.17) is 14.5 Å². The number of carbonyl (C=O) groups excluding carboxylic acids is 1. The van der Waals surface area contributed by atoms with Gasteiger partial charge in [-0.05, 0) is 50.5 Å². The quantitative estimate of drug-likeness (QED) is 0.404. The third-order valence-corrected chi connectivity index (χ3v) is 6.14. The maximum atomic E-state index is 12.9. The summed E-state index contributed by atoms with van der Waals surface area (Å²) >= 11 is 0. The van der Waals surface area contributed by atoms with E-state index in [-0.39, 0.29) is 12.0 Å². The number of benzene rings is 2. The van der Waals surface area contributed by atoms with Crippen LogP contribution in [0.15, 0.2) is 71.8 Å². The molecule has 190 valence electrons. The monoisotopic (exact) mass is 490 g/mol. The van der Waals surface area contributed by atoms with Gasteiger partial charge in [0.1, 0.15) is 17.6 Å². The lowest BCUT2D eigenvalue weighted by Gasteiger charge is -2.24. The minimum Gasteiger partial charge on any atom is -0.497 e. The fourth-order valence-electron chi connectivity index (χ4n) is 4.09. The van der Waals surface area contributed by atoms with Crippen LogP contribution in [0.3, 0.4) is 0 Å². The summed E-state index contributed by atoms with van der Waals surface area (Å²) in [4.78, 5) is 29.2. The molecule has 0 fully saturated rings. The molecule has 36 heavy (non-hydrogen) atoms. The molecule has 0 aliphatic carbocycles. The Kier molecular flexibility index (Phi) is 9.06. The highest BCUT2D eigenvalue weighted by Gasteiger charge is 2.27. The zero-order valence-electron chi connectivity index (χ0n) is 21.3. The van der Waals surface area contributed by atoms with E-state index in [2.05, 4.69) is 11.9 Å². The first-order valence-corrected chi connectivity index (χ1v) is 12.1. The molecule has 0 radical (unpaired) electrons. The SMILES string of the molecule is C=C(C)C(CC(C)OC1=CCC(c2ccccc2)=Nc2cc(OC)ccc21)C(=O)N[C@@H](CC)C(=O)O. The van der Waals surface area contributed by atoms with Crippen molar-refractivity contribution in [2.24, 2.45) is 10.9 Å². The summed E-state index contributed by atoms with van der Waals surface area (Å²) < 4.78 is 11.8. The first-order valence-electron chi connectivity index (χ1n) is 12.1. The van der Waals surface area contributed by atoms with Crippen LogP contribution in [0.2, 0.25) is 0 Å². The van der Waals surface area contributed by atoms with Gasteiger partial charge in [-0.1, -0.05) is 49.4 Å². The molecule has 7 nitrogen and oxygen atoms in total. The molecule has 7 heteroatoms. The van der Waals surface area contributed by atoms with Gasteiger partial charge in [0, 0.05) is 18.1 Å². The van der Waals surface area contributed by atoms with Crippen LogP contribution in [0.4, 0.5) is 5.69 Å². The lowest BCUT2D eigenvalue weighted by atomic mass is 9.94. The van der Waals surface area contributed by atoms with Crippen LogP contribution in [0.5, 0.6) is 5.75 Å². The molecule has 2 N–H and O–H groups in total. The average Bonchev–Trinajstić information content (AvgIpc) is 3.04. The lowest BCUT2D eigenvalue weighted by molar-refractivity contribution is -0.142. The van der Waals surface area contributed by atoms with E-state index in [1.54, 1.807) is 21.0 Å². The topological polar surface area (TPSA) is 97.2 Å². The largest absolute Gasteiger partial charge is 0.497 e. The third kappa shape index (κ3) is 6.62. The first kappa shape index (κ1) is 26.7. The summed E-state index contributed by atoms with van der Waals surface area (Å²) in [5.41, 5.74) is 4.17. The molecule has 1 heterocycles. The van der Waals surface area contributed by atoms with Gasteiger partial charge in [-0.3, -0.25) is 9.79 Å². The van der Waals surface area contributed by atoms with Gasteiger partial charge in [-0.15, -0.1) is 0 Å². The van der Waals surface area contributed by atoms with E-state index >= 15 is 0 Å². The molecule has 3 atom stereocenters. The van der Waals surface area contributed by atoms with Gasteiger partial charge in [0.05, 0.1) is 30.5 Å². The second-order valence-corrected chi connectivity index (χ2v) is 8.95. The highest BCUT2D eigenvalue weighted by atomic mass is 16.5. The highest BCUT2D eigenvalue weighted by molar-refractivity contribution is 6.05. The summed E-state index contributed by atoms with van der Waals surface area (Å²) in [6, 6.07) is 14.7. The molecule has 0 saturated carbocycles. The Labute approximate surface area is 212 Å². The van der Waals surface area contributed by atoms with Gasteiger partial charge in [0.2, 0.25) is 5.91 Å². The Morgan fingerprint density at radius 3 is 2.53 bits per heavy atom. The molecule has 1 aliphatic rings. The fourth-order valence-corrected chi connectivity index (χ4v) is 4.09. The third-order valence-electron chi connectivity index (χ3n) is 6.14. The van der Waals surface area contributed by atoms with Crippen molar-refractivity contribution >= 4 is 29.0 Å². The number of fused-ring (bicyclic) bond motifs is 1. The number of carbonyl (C=O) groups is 2. The van der Waals surface area contributed by atoms with E-state index in [1.165, 1.54) is 0 Å². The number of hydrogen-bond donors (Lipinski definition) is 2. The molecular weight excluding hydrogens is 456 g/mol. The van der Waals surface area contributed by atoms with Crippen molar-refractivity contribution in [1.29, 1.82) is 0 Å². The molecule has 2 aromatic carbocycles. The number of carboxylic acids is 1. The van der Waals surface area contributed by atoms with Gasteiger partial charge in [-0.2, -0.15) is 0 Å². The van der Waals surface area contributed by atoms with Crippen molar-refractivity contribution in [2.75, 3.05) is 7.11 Å². The minimum absolute atomic E-state index is 0.299. The van der Waals surface area contributed by atoms with Gasteiger partial charge in [0.15, 0.2) is 0 Å². The number of methoxy groups -OCH3 is 1. The minimum atomic E-state index is -1.06. The summed E-state index contributed by atoms with van der Waals surface area (Å²) in [6.45, 7) is 9.34. The number of ether oxygens (including phenoxy) is 2. The number of rotatable bonds is 11. The molecule has 0 aromatic heterocycles. The second kappa shape index (κ2) is 12.2. The fraction of sp³-hybridized carbons (Fsp3) is 0.345. The van der Waals surface area contributed by atoms with Crippen LogP contribution >= 0.6 is 0 Å². The van der Waals surface area contributed by atoms with Crippen molar-refractivity contribution in [3.8, 4) is 5.75 Å². The maximum Gasteiger partial charge on any atom is 0.326 e. The predicted octanol–water partition coefficient (Wildman–Crippen LogP) is 5.53. The summed E-state index contributed by atoms with van der Waals surface area (Å²) in [5, 5.41) is 11.9. The Morgan fingerprint density at radius 2 is 1.92 bits per heavy atom. The lowest BCUT2D eigenvalue weighted by Crippen LogP contribution is -2.44. The van der Waals surface area contributed by atoms with Gasteiger partial charge >= 0.3 is 5.97 Å². The Morgan fingerprint density at radius 1 is 1.19 bits per heavy atom. The van der Waals surface area contributed by atoms with Crippen molar-refractivity contribution in [3.63, 3.8) is 0 Å². The number of carboxylic acid groups (broad SMARTS) is 1. The summed E-state index contributed by atoms with van der Waals surface area (Å²) in [6.07, 6.45) is 2.89. The summed E-state index contributed by atoms with van der Waals surface area (Å²) in [5.74, 6) is -0.622. The Balaban J connectivity index is 1.83. The van der Waals surface area contributed by atoms with Gasteiger partial charge in [-0.25, -0.2) is 4.79 Å². The number of amides is 1. The maximum absolute atomic E-state index is 12.9. The van der Waals surface area contributed by atoms with E-state index in [0.29, 0.717) is 36.3 Å². The van der Waals surface area contributed by atoms with Crippen LogP contribution in [0.25, 0.3) is 5.76 Å². The standard InChI is InChI=1S/C29H34N2O5/c1-6-24(29(33)34)31-28(32)23(18(2)3)16-19(4)36-27-15-14-25(20-10-8-7-9-11-20)30-26-17-21(35-5)12-13-22(26)27/h7-13,15,17,19,23-24H,2,6,14,16H2,1,3-5H3,(H,31,32)(H,33,34)/t19?,23?,24-/m0/s1. The molecular formula is C29H34N2O5. The Hall–Kier alpha value is -3.87. The van der Waals surface area contributed by atoms with Crippen LogP contribution in [-0.4, -0.2) is 42.0 Å². The van der Waals surface area contributed by atoms with Crippen molar-refractivity contribution in [3.05, 3.63) is 77.9 Å². The number of hydrogen-bond acceptors (Lipinski definition) is 5. The molecule has 2 unspecified atom stereocenters. The highest BCUT2D eigenvalue weighted by Crippen LogP contribution is 2.36. The molecule has 0 bridgehead atoms. The van der Waals surface area contributed by atoms with Crippen LogP contribution in [0.1, 0.15) is 51.2 Å². The normalized spacial score (nSPS) is 15.2. The van der Waals surface area contributed by atoms with E-state index in [1.807, 2.05) is 61.5 Å². The zero-order chi connectivity index (χ0) is 26.2. The first-order chi connectivity index (χ1) is 17.2. The average molecular weight is 491 g/mol. The van der Waals surface area contributed by atoms with Crippen molar-refractivity contribution < 1.29 is 24.2 Å². The van der Waals surface area contributed by atoms with E-state index < -0.39 is 17.9 Å². The molecule has 0 saturated heterocycles.